The van der Waals surface area contributed by atoms with Crippen LogP contribution in [0.2, 0.25) is 0 Å². The van der Waals surface area contributed by atoms with E-state index in [0.29, 0.717) is 63.1 Å². The molecule has 1 aromatic heterocycles. The Hall–Kier alpha value is -5.80. The van der Waals surface area contributed by atoms with E-state index in [2.05, 4.69) is 65.4 Å². The molecule has 0 radical (unpaired) electrons. The van der Waals surface area contributed by atoms with Crippen LogP contribution in [0.3, 0.4) is 0 Å². The standard InChI is InChI=1S/C46H50N8O4/c47-31-45(32-51-24-26-53(27-25-51)35-12-10-33(11-13-35)37-14-15-41(56)49-42(37)57)30-44(45)16-20-54(21-17-44)43(58)46(34-6-2-1-3-7-34)18-22-52(23-19-46)36-28-39(50-48-29-36)38-8-4-5-9-40(38)55/h1-13,28-29,37,55H,14-27,30,32H2,(H,49,56,57)/t37-,45+/m1/s1. The van der Waals surface area contributed by atoms with Crippen molar-refractivity contribution < 1.29 is 19.5 Å². The largest absolute Gasteiger partial charge is 0.507 e. The van der Waals surface area contributed by atoms with Crippen molar-refractivity contribution in [3.8, 4) is 23.1 Å². The zero-order valence-corrected chi connectivity index (χ0v) is 32.9. The molecule has 12 heteroatoms. The zero-order chi connectivity index (χ0) is 39.9. The van der Waals surface area contributed by atoms with Crippen LogP contribution in [0.1, 0.15) is 62.0 Å². The molecule has 5 aliphatic rings. The van der Waals surface area contributed by atoms with Gasteiger partial charge in [0.05, 0.1) is 40.4 Å². The number of phenols is 1. The van der Waals surface area contributed by atoms with E-state index in [-0.39, 0.29) is 40.2 Å². The molecule has 3 amide bonds. The molecule has 1 spiro atoms. The van der Waals surface area contributed by atoms with E-state index in [4.69, 9.17) is 0 Å². The van der Waals surface area contributed by atoms with Gasteiger partial charge in [-0.15, -0.1) is 0 Å². The molecule has 0 unspecified atom stereocenters. The van der Waals surface area contributed by atoms with E-state index in [1.807, 2.05) is 48.5 Å². The number of aromatic nitrogens is 2. The third-order valence-corrected chi connectivity index (χ3v) is 14.1. The van der Waals surface area contributed by atoms with Crippen LogP contribution in [0.4, 0.5) is 11.4 Å². The number of nitrogens with one attached hydrogen (secondary N) is 1. The molecular weight excluding hydrogens is 729 g/mol. The molecule has 1 saturated carbocycles. The fourth-order valence-electron chi connectivity index (χ4n) is 10.4. The number of para-hydroxylation sites is 1. The first kappa shape index (κ1) is 37.8. The Morgan fingerprint density at radius 2 is 1.52 bits per heavy atom. The number of anilines is 2. The number of hydrogen-bond donors (Lipinski definition) is 2. The number of phenolic OH excluding ortho intramolecular Hbond substituents is 1. The Morgan fingerprint density at radius 1 is 0.828 bits per heavy atom. The molecule has 2 atom stereocenters. The second-order valence-corrected chi connectivity index (χ2v) is 17.1. The number of nitrogens with zero attached hydrogens (tertiary/aromatic N) is 7. The topological polar surface area (TPSA) is 146 Å². The van der Waals surface area contributed by atoms with Crippen molar-refractivity contribution in [3.05, 3.63) is 102 Å². The highest BCUT2D eigenvalue weighted by Crippen LogP contribution is 2.69. The highest BCUT2D eigenvalue weighted by Gasteiger charge is 2.68. The Labute approximate surface area is 339 Å². The fourth-order valence-corrected chi connectivity index (χ4v) is 10.4. The van der Waals surface area contributed by atoms with Crippen LogP contribution < -0.4 is 15.1 Å². The van der Waals surface area contributed by atoms with E-state index in [1.54, 1.807) is 18.3 Å². The average molecular weight is 779 g/mol. The van der Waals surface area contributed by atoms with Gasteiger partial charge < -0.3 is 19.8 Å². The number of hydrogen-bond acceptors (Lipinski definition) is 10. The fraction of sp³-hybridized carbons (Fsp3) is 0.435. The Kier molecular flexibility index (Phi) is 9.88. The van der Waals surface area contributed by atoms with Crippen LogP contribution in [0.5, 0.6) is 5.75 Å². The summed E-state index contributed by atoms with van der Waals surface area (Å²) in [5.74, 6) is -0.340. The highest BCUT2D eigenvalue weighted by molar-refractivity contribution is 6.01. The van der Waals surface area contributed by atoms with Gasteiger partial charge in [-0.1, -0.05) is 54.6 Å². The lowest BCUT2D eigenvalue weighted by Crippen LogP contribution is -2.55. The van der Waals surface area contributed by atoms with E-state index in [1.165, 1.54) is 0 Å². The third kappa shape index (κ3) is 6.85. The molecule has 2 N–H and O–H groups in total. The summed E-state index contributed by atoms with van der Waals surface area (Å²) < 4.78 is 0. The number of amides is 3. The Bertz CT molecular complexity index is 2220. The minimum Gasteiger partial charge on any atom is -0.507 e. The number of rotatable bonds is 8. The molecule has 4 aromatic rings. The first-order valence-corrected chi connectivity index (χ1v) is 20.7. The van der Waals surface area contributed by atoms with E-state index in [9.17, 15) is 24.8 Å². The lowest BCUT2D eigenvalue weighted by molar-refractivity contribution is -0.140. The molecular formula is C46H50N8O4. The van der Waals surface area contributed by atoms with Crippen LogP contribution >= 0.6 is 0 Å². The van der Waals surface area contributed by atoms with E-state index in [0.717, 1.165) is 74.5 Å². The number of likely N-dealkylation sites (tertiary alicyclic amines) is 1. The summed E-state index contributed by atoms with van der Waals surface area (Å²) >= 11 is 0. The quantitative estimate of drug-likeness (QED) is 0.228. The maximum Gasteiger partial charge on any atom is 0.234 e. The summed E-state index contributed by atoms with van der Waals surface area (Å²) in [7, 11) is 0. The number of carbonyl (C=O) groups is 3. The molecule has 9 rings (SSSR count). The van der Waals surface area contributed by atoms with Crippen LogP contribution in [0.25, 0.3) is 11.3 Å². The van der Waals surface area contributed by atoms with Crippen LogP contribution in [-0.4, -0.2) is 102 Å². The van der Waals surface area contributed by atoms with Crippen molar-refractivity contribution in [2.24, 2.45) is 10.8 Å². The van der Waals surface area contributed by atoms with Gasteiger partial charge in [0.2, 0.25) is 17.7 Å². The monoisotopic (exact) mass is 778 g/mol. The van der Waals surface area contributed by atoms with Crippen molar-refractivity contribution in [1.29, 1.82) is 5.26 Å². The second-order valence-electron chi connectivity index (χ2n) is 17.1. The van der Waals surface area contributed by atoms with Gasteiger partial charge in [0.1, 0.15) is 5.75 Å². The summed E-state index contributed by atoms with van der Waals surface area (Å²) in [5, 5.41) is 32.1. The number of nitriles is 1. The molecule has 298 valence electrons. The summed E-state index contributed by atoms with van der Waals surface area (Å²) in [4.78, 5) is 47.9. The first-order valence-electron chi connectivity index (χ1n) is 20.7. The van der Waals surface area contributed by atoms with Crippen molar-refractivity contribution >= 4 is 29.1 Å². The molecule has 4 saturated heterocycles. The summed E-state index contributed by atoms with van der Waals surface area (Å²) in [6, 6.07) is 30.3. The SMILES string of the molecule is N#C[C@]1(CN2CCN(c3ccc([C@H]4CCC(=O)NC4=O)cc3)CC2)CC12CCN(C(=O)C1(c3ccccc3)CCN(c3cnnc(-c4ccccc4O)c3)CC1)CC2. The minimum absolute atomic E-state index is 0.0516. The summed E-state index contributed by atoms with van der Waals surface area (Å²) in [6.45, 7) is 6.95. The average Bonchev–Trinajstić information content (AvgIpc) is 3.88. The molecule has 58 heavy (non-hydrogen) atoms. The molecule has 12 nitrogen and oxygen atoms in total. The minimum atomic E-state index is -0.635. The van der Waals surface area contributed by atoms with Gasteiger partial charge in [-0.2, -0.15) is 15.5 Å². The molecule has 0 bridgehead atoms. The molecule has 4 aliphatic heterocycles. The van der Waals surface area contributed by atoms with Crippen LogP contribution in [0, 0.1) is 22.2 Å². The highest BCUT2D eigenvalue weighted by atomic mass is 16.3. The van der Waals surface area contributed by atoms with Gasteiger partial charge in [-0.25, -0.2) is 0 Å². The third-order valence-electron chi connectivity index (χ3n) is 14.1. The first-order chi connectivity index (χ1) is 28.2. The predicted octanol–water partition coefficient (Wildman–Crippen LogP) is 5.25. The number of carbonyl (C=O) groups excluding carboxylic acids is 3. The lowest BCUT2D eigenvalue weighted by atomic mass is 9.71. The maximum atomic E-state index is 14.8. The predicted molar refractivity (Wildman–Crippen MR) is 220 cm³/mol. The lowest BCUT2D eigenvalue weighted by Gasteiger charge is -2.46. The number of piperazine rings is 1. The number of aromatic hydroxyl groups is 1. The number of imide groups is 1. The van der Waals surface area contributed by atoms with Gasteiger partial charge in [-0.05, 0) is 85.4 Å². The van der Waals surface area contributed by atoms with Crippen LogP contribution in [-0.2, 0) is 19.8 Å². The summed E-state index contributed by atoms with van der Waals surface area (Å²) in [5.41, 5.74) is 4.22. The van der Waals surface area contributed by atoms with E-state index < -0.39 is 5.41 Å². The zero-order valence-electron chi connectivity index (χ0n) is 32.9. The molecule has 5 fully saturated rings. The summed E-state index contributed by atoms with van der Waals surface area (Å²) in [6.07, 6.45) is 6.60. The van der Waals surface area contributed by atoms with Crippen molar-refractivity contribution in [2.45, 2.75) is 56.3 Å². The Balaban J connectivity index is 0.813. The van der Waals surface area contributed by atoms with Gasteiger partial charge in [0, 0.05) is 76.6 Å². The van der Waals surface area contributed by atoms with Crippen molar-refractivity contribution in [1.82, 2.24) is 25.3 Å². The van der Waals surface area contributed by atoms with Crippen molar-refractivity contribution in [3.63, 3.8) is 0 Å². The Morgan fingerprint density at radius 3 is 2.21 bits per heavy atom. The molecule has 3 aromatic carbocycles. The maximum absolute atomic E-state index is 14.8. The van der Waals surface area contributed by atoms with Gasteiger partial charge in [0.15, 0.2) is 0 Å². The second kappa shape index (κ2) is 15.2. The molecule has 1 aliphatic carbocycles. The van der Waals surface area contributed by atoms with Gasteiger partial charge in [-0.3, -0.25) is 24.6 Å². The number of piperidine rings is 3. The van der Waals surface area contributed by atoms with Gasteiger partial charge in [0.25, 0.3) is 0 Å². The van der Waals surface area contributed by atoms with Gasteiger partial charge >= 0.3 is 0 Å². The smallest absolute Gasteiger partial charge is 0.234 e. The number of benzene rings is 3. The van der Waals surface area contributed by atoms with Crippen LogP contribution in [0.15, 0.2) is 91.1 Å². The van der Waals surface area contributed by atoms with E-state index >= 15 is 0 Å². The van der Waals surface area contributed by atoms with Crippen molar-refractivity contribution in [2.75, 3.05) is 68.7 Å². The normalized spacial score (nSPS) is 24.3. The molecule has 5 heterocycles.